The maximum atomic E-state index is 12.2. The molecule has 0 saturated carbocycles. The van der Waals surface area contributed by atoms with Crippen molar-refractivity contribution in [1.29, 1.82) is 0 Å². The Kier molecular flexibility index (Phi) is 9.00. The molecule has 0 fully saturated rings. The lowest BCUT2D eigenvalue weighted by atomic mass is 10.2. The lowest BCUT2D eigenvalue weighted by molar-refractivity contribution is -0.118. The minimum absolute atomic E-state index is 0.0942. The molecule has 16 heteroatoms. The number of hydrogen-bond donors (Lipinski definition) is 4. The number of nitrogens with one attached hydrogen (secondary N) is 1. The molecule has 1 heterocycles. The van der Waals surface area contributed by atoms with Crippen LogP contribution in [0.3, 0.4) is 0 Å². The molecule has 30 heavy (non-hydrogen) atoms. The quantitative estimate of drug-likeness (QED) is 0.218. The monoisotopic (exact) mass is 454 g/mol. The molecule has 0 aliphatic carbocycles. The third-order valence-electron chi connectivity index (χ3n) is 3.41. The molecular weight excluding hydrogens is 429 g/mol. The number of rotatable bonds is 9. The number of nitrogens with two attached hydrogens (primary N) is 3. The third-order valence-corrected chi connectivity index (χ3v) is 3.93. The maximum absolute atomic E-state index is 12.2. The summed E-state index contributed by atoms with van der Waals surface area (Å²) in [5.41, 5.74) is 16.6. The summed E-state index contributed by atoms with van der Waals surface area (Å²) in [6.07, 6.45) is -1.01. The number of aromatic nitrogens is 3. The van der Waals surface area contributed by atoms with Gasteiger partial charge in [0.2, 0.25) is 17.9 Å². The summed E-state index contributed by atoms with van der Waals surface area (Å²) in [5, 5.41) is 2.35. The Hall–Kier alpha value is -2.91. The molecule has 0 aromatic carbocycles. The van der Waals surface area contributed by atoms with Gasteiger partial charge in [-0.3, -0.25) is 5.32 Å². The molecule has 0 unspecified atom stereocenters. The Morgan fingerprint density at radius 1 is 1.17 bits per heavy atom. The number of anilines is 2. The van der Waals surface area contributed by atoms with Gasteiger partial charge < -0.3 is 22.1 Å². The number of unbranched alkanes of at least 4 members (excludes halogenated alkanes) is 2. The van der Waals surface area contributed by atoms with E-state index in [1.165, 1.54) is 4.90 Å². The number of hydrogen-bond acceptors (Lipinski definition) is 7. The van der Waals surface area contributed by atoms with Crippen molar-refractivity contribution in [3.05, 3.63) is 5.82 Å². The molecule has 12 nitrogen and oxygen atoms in total. The van der Waals surface area contributed by atoms with Crippen LogP contribution in [0, 0.1) is 0 Å². The van der Waals surface area contributed by atoms with Gasteiger partial charge in [-0.2, -0.15) is 28.1 Å². The highest BCUT2D eigenvalue weighted by Gasteiger charge is 2.26. The van der Waals surface area contributed by atoms with Gasteiger partial charge >= 0.3 is 6.18 Å². The van der Waals surface area contributed by atoms with E-state index in [2.05, 4.69) is 29.7 Å². The van der Waals surface area contributed by atoms with Gasteiger partial charge in [0.25, 0.3) is 10.0 Å². The summed E-state index contributed by atoms with van der Waals surface area (Å²) in [5.74, 6) is -0.482. The minimum atomic E-state index is -4.48. The summed E-state index contributed by atoms with van der Waals surface area (Å²) >= 11 is 0. The third kappa shape index (κ3) is 11.2. The Balaban J connectivity index is 2.52. The van der Waals surface area contributed by atoms with Crippen LogP contribution < -0.4 is 22.5 Å². The Labute approximate surface area is 171 Å². The molecule has 0 aliphatic rings. The van der Waals surface area contributed by atoms with Gasteiger partial charge in [0, 0.05) is 20.0 Å². The Bertz CT molecular complexity index is 873. The standard InChI is InChI=1S/C14H25F3N10O2S/c1-27(12(20)26-30(2,28)29)7-5-3-4-6-9-22-11(19)25-13(23-9)24-10(18)21-8-14(15,16)17/h3-8H2,1-2H3,(H2,20,26)(H5,18,19,21,22,23,24,25). The van der Waals surface area contributed by atoms with Crippen LogP contribution in [0.4, 0.5) is 25.1 Å². The van der Waals surface area contributed by atoms with Crippen LogP contribution in [0.1, 0.15) is 25.1 Å². The molecule has 0 atom stereocenters. The molecule has 170 valence electrons. The highest BCUT2D eigenvalue weighted by atomic mass is 32.2. The van der Waals surface area contributed by atoms with Crippen LogP contribution in [0.5, 0.6) is 0 Å². The average molecular weight is 454 g/mol. The lowest BCUT2D eigenvalue weighted by Crippen LogP contribution is -2.35. The number of aryl methyl sites for hydroxylation is 1. The normalized spacial score (nSPS) is 13.4. The van der Waals surface area contributed by atoms with E-state index in [1.807, 2.05) is 0 Å². The molecule has 0 bridgehead atoms. The van der Waals surface area contributed by atoms with Crippen LogP contribution in [0.2, 0.25) is 0 Å². The van der Waals surface area contributed by atoms with Gasteiger partial charge in [-0.1, -0.05) is 6.42 Å². The molecule has 1 aromatic rings. The van der Waals surface area contributed by atoms with E-state index < -0.39 is 28.7 Å². The van der Waals surface area contributed by atoms with Crippen LogP contribution >= 0.6 is 0 Å². The molecule has 1 aromatic heterocycles. The second kappa shape index (κ2) is 10.7. The van der Waals surface area contributed by atoms with Crippen molar-refractivity contribution in [3.63, 3.8) is 0 Å². The first kappa shape index (κ1) is 25.1. The van der Waals surface area contributed by atoms with Crippen molar-refractivity contribution in [1.82, 2.24) is 19.9 Å². The molecule has 7 N–H and O–H groups in total. The zero-order valence-electron chi connectivity index (χ0n) is 16.5. The highest BCUT2D eigenvalue weighted by molar-refractivity contribution is 7.89. The van der Waals surface area contributed by atoms with E-state index in [0.29, 0.717) is 31.6 Å². The molecule has 0 spiro atoms. The second-order valence-electron chi connectivity index (χ2n) is 6.29. The molecule has 0 radical (unpaired) electrons. The van der Waals surface area contributed by atoms with Crippen molar-refractivity contribution >= 4 is 33.8 Å². The van der Waals surface area contributed by atoms with E-state index in [-0.39, 0.29) is 17.9 Å². The summed E-state index contributed by atoms with van der Waals surface area (Å²) in [6, 6.07) is 0. The first-order valence-electron chi connectivity index (χ1n) is 8.66. The van der Waals surface area contributed by atoms with Gasteiger partial charge in [0.05, 0.1) is 6.26 Å². The van der Waals surface area contributed by atoms with Gasteiger partial charge in [0.15, 0.2) is 5.96 Å². The predicted molar refractivity (Wildman–Crippen MR) is 107 cm³/mol. The Morgan fingerprint density at radius 3 is 2.43 bits per heavy atom. The molecule has 0 amide bonds. The van der Waals surface area contributed by atoms with E-state index in [9.17, 15) is 21.6 Å². The number of alkyl halides is 3. The van der Waals surface area contributed by atoms with Gasteiger partial charge in [-0.25, -0.2) is 13.4 Å². The number of guanidine groups is 2. The summed E-state index contributed by atoms with van der Waals surface area (Å²) in [7, 11) is -1.94. The fourth-order valence-electron chi connectivity index (χ4n) is 2.10. The lowest BCUT2D eigenvalue weighted by Gasteiger charge is -2.17. The van der Waals surface area contributed by atoms with Crippen molar-refractivity contribution in [2.45, 2.75) is 31.9 Å². The van der Waals surface area contributed by atoms with Crippen LogP contribution in [0.15, 0.2) is 9.39 Å². The van der Waals surface area contributed by atoms with Crippen molar-refractivity contribution in [3.8, 4) is 0 Å². The van der Waals surface area contributed by atoms with Crippen molar-refractivity contribution in [2.24, 2.45) is 20.9 Å². The molecule has 0 saturated heterocycles. The van der Waals surface area contributed by atoms with E-state index in [0.717, 1.165) is 12.7 Å². The first-order chi connectivity index (χ1) is 13.7. The molecule has 0 aliphatic heterocycles. The SMILES string of the molecule is CN(CCCCCc1nc(N)nc(NC(N)=NCC(F)(F)F)n1)C(N)=NS(C)(=O)=O. The fraction of sp³-hybridized carbons (Fsp3) is 0.643. The van der Waals surface area contributed by atoms with Crippen molar-refractivity contribution < 1.29 is 21.6 Å². The highest BCUT2D eigenvalue weighted by Crippen LogP contribution is 2.14. The molecular formula is C14H25F3N10O2S. The average Bonchev–Trinajstić information content (AvgIpc) is 2.57. The van der Waals surface area contributed by atoms with E-state index >= 15 is 0 Å². The van der Waals surface area contributed by atoms with Gasteiger partial charge in [0.1, 0.15) is 12.4 Å². The summed E-state index contributed by atoms with van der Waals surface area (Å²) in [6.45, 7) is -0.948. The van der Waals surface area contributed by atoms with Gasteiger partial charge in [-0.15, -0.1) is 4.40 Å². The van der Waals surface area contributed by atoms with Crippen LogP contribution in [-0.4, -0.2) is 72.8 Å². The van der Waals surface area contributed by atoms with Crippen LogP contribution in [0.25, 0.3) is 0 Å². The summed E-state index contributed by atoms with van der Waals surface area (Å²) < 4.78 is 62.0. The maximum Gasteiger partial charge on any atom is 0.408 e. The zero-order valence-corrected chi connectivity index (χ0v) is 17.3. The van der Waals surface area contributed by atoms with E-state index in [1.54, 1.807) is 7.05 Å². The number of nitrogens with zero attached hydrogens (tertiary/aromatic N) is 6. The summed E-state index contributed by atoms with van der Waals surface area (Å²) in [4.78, 5) is 16.4. The van der Waals surface area contributed by atoms with Gasteiger partial charge in [-0.05, 0) is 12.8 Å². The minimum Gasteiger partial charge on any atom is -0.370 e. The number of sulfonamides is 1. The number of aliphatic imine (C=N–C) groups is 1. The smallest absolute Gasteiger partial charge is 0.370 e. The van der Waals surface area contributed by atoms with E-state index in [4.69, 9.17) is 17.2 Å². The number of nitrogen functional groups attached to an aromatic ring is 1. The van der Waals surface area contributed by atoms with Crippen molar-refractivity contribution in [2.75, 3.05) is 37.4 Å². The largest absolute Gasteiger partial charge is 0.408 e. The molecule has 1 rings (SSSR count). The van der Waals surface area contributed by atoms with Crippen LogP contribution in [-0.2, 0) is 16.4 Å². The number of halogens is 3. The Morgan fingerprint density at radius 2 is 1.83 bits per heavy atom. The first-order valence-corrected chi connectivity index (χ1v) is 10.5. The topological polar surface area (TPSA) is 191 Å². The second-order valence-corrected chi connectivity index (χ2v) is 7.94. The fourth-order valence-corrected chi connectivity index (χ4v) is 2.58. The zero-order chi connectivity index (χ0) is 22.9. The predicted octanol–water partition coefficient (Wildman–Crippen LogP) is -0.338.